The minimum atomic E-state index is -1.62. The zero-order valence-corrected chi connectivity index (χ0v) is 52.8. The largest absolute Gasteiger partial charge is 0.545 e. The third-order valence-corrected chi connectivity index (χ3v) is 15.8. The van der Waals surface area contributed by atoms with Crippen LogP contribution in [0.25, 0.3) is 0 Å². The van der Waals surface area contributed by atoms with Gasteiger partial charge in [0.15, 0.2) is 12.4 Å². The number of quaternary nitrogens is 1. The van der Waals surface area contributed by atoms with E-state index in [4.69, 9.17) is 18.9 Å². The number of allylic oxidation sites excluding steroid dienone is 2. The molecular formula is C69H133NO8. The Balaban J connectivity index is 4.03. The molecule has 9 heteroatoms. The van der Waals surface area contributed by atoms with Crippen LogP contribution in [0.15, 0.2) is 12.2 Å². The second-order valence-electron chi connectivity index (χ2n) is 24.8. The molecule has 0 amide bonds. The number of hydrogen-bond donors (Lipinski definition) is 0. The van der Waals surface area contributed by atoms with Gasteiger partial charge in [0.2, 0.25) is 0 Å². The SMILES string of the molecule is CCCCCCCCCC/C=C\CCCCCCCCCCCCCCCCCCCCCCCC(=O)OC(COC(=O)CCCCCCCCCCCCCCCCCCCCCC)COC(OCC[N+](C)(C)C)C(=O)[O-]. The second kappa shape index (κ2) is 61.1. The van der Waals surface area contributed by atoms with E-state index >= 15 is 0 Å². The lowest BCUT2D eigenvalue weighted by Crippen LogP contribution is -2.44. The number of carboxylic acid groups (broad SMARTS) is 1. The van der Waals surface area contributed by atoms with Gasteiger partial charge in [-0.2, -0.15) is 0 Å². The first kappa shape index (κ1) is 76.0. The Hall–Kier alpha value is -1.97. The van der Waals surface area contributed by atoms with Gasteiger partial charge in [-0.25, -0.2) is 0 Å². The van der Waals surface area contributed by atoms with Crippen LogP contribution in [0, 0.1) is 0 Å². The predicted octanol–water partition coefficient (Wildman–Crippen LogP) is 19.5. The van der Waals surface area contributed by atoms with Crippen LogP contribution in [-0.4, -0.2) is 82.3 Å². The van der Waals surface area contributed by atoms with Crippen molar-refractivity contribution in [3.63, 3.8) is 0 Å². The lowest BCUT2D eigenvalue weighted by molar-refractivity contribution is -0.870. The molecule has 0 rings (SSSR count). The average Bonchev–Trinajstić information content (AvgIpc) is 3.41. The molecule has 0 radical (unpaired) electrons. The van der Waals surface area contributed by atoms with Gasteiger partial charge < -0.3 is 33.3 Å². The molecule has 0 aliphatic heterocycles. The number of carbonyl (C=O) groups is 3. The van der Waals surface area contributed by atoms with Gasteiger partial charge in [0.25, 0.3) is 0 Å². The van der Waals surface area contributed by atoms with E-state index in [1.807, 2.05) is 21.1 Å². The van der Waals surface area contributed by atoms with E-state index in [9.17, 15) is 19.5 Å². The summed E-state index contributed by atoms with van der Waals surface area (Å²) in [6.45, 7) is 4.83. The number of unbranched alkanes of at least 4 members (excludes halogenated alkanes) is 48. The Morgan fingerprint density at radius 3 is 0.949 bits per heavy atom. The molecule has 0 spiro atoms. The highest BCUT2D eigenvalue weighted by atomic mass is 16.7. The average molecular weight is 1100 g/mol. The minimum absolute atomic E-state index is 0.153. The summed E-state index contributed by atoms with van der Waals surface area (Å²) in [7, 11) is 5.94. The highest BCUT2D eigenvalue weighted by Gasteiger charge is 2.22. The first-order valence-electron chi connectivity index (χ1n) is 34.3. The van der Waals surface area contributed by atoms with Crippen molar-refractivity contribution in [1.82, 2.24) is 0 Å². The number of rotatable bonds is 65. The van der Waals surface area contributed by atoms with E-state index in [1.54, 1.807) is 0 Å². The van der Waals surface area contributed by atoms with Crippen LogP contribution >= 0.6 is 0 Å². The van der Waals surface area contributed by atoms with E-state index in [0.29, 0.717) is 17.4 Å². The molecular weight excluding hydrogens is 971 g/mol. The Kier molecular flexibility index (Phi) is 59.6. The van der Waals surface area contributed by atoms with Gasteiger partial charge in [0.1, 0.15) is 13.2 Å². The van der Waals surface area contributed by atoms with Crippen LogP contribution in [0.3, 0.4) is 0 Å². The summed E-state index contributed by atoms with van der Waals surface area (Å²) in [5.41, 5.74) is 0. The fourth-order valence-corrected chi connectivity index (χ4v) is 10.5. The quantitative estimate of drug-likeness (QED) is 0.0195. The summed E-state index contributed by atoms with van der Waals surface area (Å²) in [6.07, 6.45) is 70.1. The van der Waals surface area contributed by atoms with Crippen LogP contribution in [0.4, 0.5) is 0 Å². The third-order valence-electron chi connectivity index (χ3n) is 15.8. The summed E-state index contributed by atoms with van der Waals surface area (Å²) in [4.78, 5) is 37.4. The zero-order chi connectivity index (χ0) is 56.9. The second-order valence-corrected chi connectivity index (χ2v) is 24.8. The maximum absolute atomic E-state index is 12.9. The van der Waals surface area contributed by atoms with Gasteiger partial charge in [0.05, 0.1) is 40.3 Å². The first-order valence-corrected chi connectivity index (χ1v) is 34.3. The van der Waals surface area contributed by atoms with Crippen LogP contribution in [0.5, 0.6) is 0 Å². The molecule has 0 fully saturated rings. The number of aliphatic carboxylic acids is 1. The van der Waals surface area contributed by atoms with Crippen molar-refractivity contribution >= 4 is 17.9 Å². The Labute approximate surface area is 485 Å². The normalized spacial score (nSPS) is 12.7. The zero-order valence-electron chi connectivity index (χ0n) is 52.8. The molecule has 0 aliphatic rings. The highest BCUT2D eigenvalue weighted by Crippen LogP contribution is 2.19. The number of nitrogens with zero attached hydrogens (tertiary/aromatic N) is 1. The Morgan fingerprint density at radius 1 is 0.372 bits per heavy atom. The lowest BCUT2D eigenvalue weighted by atomic mass is 10.0. The van der Waals surface area contributed by atoms with E-state index in [-0.39, 0.29) is 32.2 Å². The molecule has 0 aromatic heterocycles. The maximum Gasteiger partial charge on any atom is 0.306 e. The van der Waals surface area contributed by atoms with E-state index < -0.39 is 24.3 Å². The molecule has 0 aromatic rings. The van der Waals surface area contributed by atoms with Gasteiger partial charge in [0, 0.05) is 12.8 Å². The number of esters is 2. The van der Waals surface area contributed by atoms with Gasteiger partial charge in [-0.3, -0.25) is 9.59 Å². The molecule has 9 nitrogen and oxygen atoms in total. The fourth-order valence-electron chi connectivity index (χ4n) is 10.5. The van der Waals surface area contributed by atoms with E-state index in [0.717, 1.165) is 38.5 Å². The van der Waals surface area contributed by atoms with Crippen LogP contribution in [0.2, 0.25) is 0 Å². The summed E-state index contributed by atoms with van der Waals surface area (Å²) < 4.78 is 22.8. The number of ether oxygens (including phenoxy) is 4. The molecule has 2 atom stereocenters. The van der Waals surface area contributed by atoms with Crippen molar-refractivity contribution < 1.29 is 42.9 Å². The minimum Gasteiger partial charge on any atom is -0.545 e. The van der Waals surface area contributed by atoms with Crippen LogP contribution < -0.4 is 5.11 Å². The molecule has 0 saturated heterocycles. The van der Waals surface area contributed by atoms with Crippen molar-refractivity contribution in [2.24, 2.45) is 0 Å². The first-order chi connectivity index (χ1) is 38.1. The summed E-state index contributed by atoms with van der Waals surface area (Å²) in [6, 6.07) is 0. The summed E-state index contributed by atoms with van der Waals surface area (Å²) in [5, 5.41) is 11.8. The number of hydrogen-bond acceptors (Lipinski definition) is 8. The van der Waals surface area contributed by atoms with Crippen molar-refractivity contribution in [3.8, 4) is 0 Å². The standard InChI is InChI=1S/C69H133NO8/c1-6-8-10-12-14-16-18-20-22-24-26-28-29-30-31-32-33-34-35-36-37-38-39-40-42-44-46-48-50-52-54-56-58-60-67(72)78-65(64-77-69(68(73)74)75-62-61-70(3,4)5)63-76-66(71)59-57-55-53-51-49-47-45-43-41-27-25-23-21-19-17-15-13-11-9-7-2/h24,26,65,69H,6-23,25,27-64H2,1-5H3/b26-24-. The number of carboxylic acids is 1. The number of carbonyl (C=O) groups excluding carboxylic acids is 3. The lowest BCUT2D eigenvalue weighted by Gasteiger charge is -2.26. The molecule has 0 heterocycles. The maximum atomic E-state index is 12.9. The molecule has 0 N–H and O–H groups in total. The molecule has 78 heavy (non-hydrogen) atoms. The molecule has 0 aromatic carbocycles. The van der Waals surface area contributed by atoms with E-state index in [2.05, 4.69) is 26.0 Å². The van der Waals surface area contributed by atoms with Gasteiger partial charge in [-0.05, 0) is 38.5 Å². The molecule has 462 valence electrons. The van der Waals surface area contributed by atoms with E-state index in [1.165, 1.54) is 289 Å². The van der Waals surface area contributed by atoms with Gasteiger partial charge >= 0.3 is 11.9 Å². The van der Waals surface area contributed by atoms with Crippen LogP contribution in [-0.2, 0) is 33.3 Å². The van der Waals surface area contributed by atoms with Crippen molar-refractivity contribution in [3.05, 3.63) is 12.2 Å². The molecule has 2 unspecified atom stereocenters. The monoisotopic (exact) mass is 1100 g/mol. The van der Waals surface area contributed by atoms with Crippen LogP contribution in [0.1, 0.15) is 354 Å². The molecule has 0 saturated carbocycles. The van der Waals surface area contributed by atoms with Crippen molar-refractivity contribution in [1.29, 1.82) is 0 Å². The molecule has 0 aliphatic carbocycles. The third kappa shape index (κ3) is 61.6. The topological polar surface area (TPSA) is 111 Å². The summed E-state index contributed by atoms with van der Waals surface area (Å²) in [5.74, 6) is -2.25. The van der Waals surface area contributed by atoms with Gasteiger partial charge in [-0.15, -0.1) is 0 Å². The predicted molar refractivity (Wildman–Crippen MR) is 330 cm³/mol. The van der Waals surface area contributed by atoms with Crippen molar-refractivity contribution in [2.75, 3.05) is 47.5 Å². The van der Waals surface area contributed by atoms with Crippen molar-refractivity contribution in [2.45, 2.75) is 367 Å². The smallest absolute Gasteiger partial charge is 0.306 e. The number of likely N-dealkylation sites (N-methyl/N-ethyl adjacent to an activating group) is 1. The van der Waals surface area contributed by atoms with Gasteiger partial charge in [-0.1, -0.05) is 315 Å². The molecule has 0 bridgehead atoms. The highest BCUT2D eigenvalue weighted by molar-refractivity contribution is 5.70. The Morgan fingerprint density at radius 2 is 0.654 bits per heavy atom. The summed E-state index contributed by atoms with van der Waals surface area (Å²) >= 11 is 0. The fraction of sp³-hybridized carbons (Fsp3) is 0.928. The Bertz CT molecular complexity index is 1280.